The van der Waals surface area contributed by atoms with Gasteiger partial charge in [0.05, 0.1) is 12.4 Å². The summed E-state index contributed by atoms with van der Waals surface area (Å²) < 4.78 is 70.8. The van der Waals surface area contributed by atoms with Crippen LogP contribution < -0.4 is 10.2 Å². The number of aromatic hydroxyl groups is 2. The maximum Gasteiger partial charge on any atom is 2.00 e. The van der Waals surface area contributed by atoms with E-state index in [0.29, 0.717) is 0 Å². The zero-order chi connectivity index (χ0) is 33.2. The quantitative estimate of drug-likeness (QED) is 0.101. The van der Waals surface area contributed by atoms with Gasteiger partial charge in [-0.1, -0.05) is 60.7 Å². The third-order valence-electron chi connectivity index (χ3n) is 4.49. The van der Waals surface area contributed by atoms with Crippen LogP contribution in [0.3, 0.4) is 0 Å². The fourth-order valence-corrected chi connectivity index (χ4v) is 2.48. The molecule has 4 aromatic rings. The second kappa shape index (κ2) is 19.9. The number of hydrogen-bond acceptors (Lipinski definition) is 8. The van der Waals surface area contributed by atoms with Crippen molar-refractivity contribution in [3.05, 3.63) is 145 Å². The van der Waals surface area contributed by atoms with Crippen LogP contribution in [0, 0.1) is 0 Å². The molecular weight excluding hydrogens is 662 g/mol. The van der Waals surface area contributed by atoms with E-state index >= 15 is 0 Å². The van der Waals surface area contributed by atoms with Gasteiger partial charge in [0.1, 0.15) is 11.5 Å². The molecule has 2 aromatic heterocycles. The first-order chi connectivity index (χ1) is 20.6. The monoisotopic (exact) mass is 683 g/mol. The minimum Gasteiger partial charge on any atom is -0.869 e. The molecule has 4 rings (SSSR count). The summed E-state index contributed by atoms with van der Waals surface area (Å²) in [5.41, 5.74) is 0.102. The molecule has 0 aliphatic heterocycles. The van der Waals surface area contributed by atoms with Gasteiger partial charge in [-0.3, -0.25) is 19.6 Å². The van der Waals surface area contributed by atoms with Gasteiger partial charge in [-0.25, -0.2) is 0 Å². The van der Waals surface area contributed by atoms with E-state index in [4.69, 9.17) is 10.2 Å². The van der Waals surface area contributed by atoms with Crippen LogP contribution in [0.2, 0.25) is 0 Å². The molecule has 45 heavy (non-hydrogen) atoms. The first-order valence-electron chi connectivity index (χ1n) is 11.9. The fourth-order valence-electron chi connectivity index (χ4n) is 2.48. The molecule has 0 spiro atoms. The first kappa shape index (κ1) is 39.9. The molecule has 0 saturated heterocycles. The molecular formula is C30H22CuF6N2O6. The number of carbonyl (C=O) groups is 2. The number of nitrogens with zero attached hydrogens (tertiary/aromatic N) is 2. The van der Waals surface area contributed by atoms with Crippen molar-refractivity contribution in [3.63, 3.8) is 0 Å². The van der Waals surface area contributed by atoms with Gasteiger partial charge in [-0.05, 0) is 47.9 Å². The number of carbonyl (C=O) groups excluding carboxylic acids is 2. The van der Waals surface area contributed by atoms with E-state index in [2.05, 4.69) is 9.97 Å². The number of ketones is 2. The fraction of sp³-hybridized carbons (Fsp3) is 0.0667. The van der Waals surface area contributed by atoms with Crippen molar-refractivity contribution in [1.29, 1.82) is 0 Å². The molecule has 0 bridgehead atoms. The number of pyridine rings is 2. The topological polar surface area (TPSA) is 146 Å². The Morgan fingerprint density at radius 1 is 0.578 bits per heavy atom. The van der Waals surface area contributed by atoms with Gasteiger partial charge >= 0.3 is 29.4 Å². The van der Waals surface area contributed by atoms with E-state index in [1.807, 2.05) is 0 Å². The third-order valence-corrected chi connectivity index (χ3v) is 4.49. The summed E-state index contributed by atoms with van der Waals surface area (Å²) in [4.78, 5) is 29.5. The van der Waals surface area contributed by atoms with Crippen molar-refractivity contribution in [2.45, 2.75) is 12.4 Å². The Labute approximate surface area is 263 Å². The molecule has 0 amide bonds. The molecule has 0 atom stereocenters. The van der Waals surface area contributed by atoms with Crippen LogP contribution in [-0.2, 0) is 17.1 Å². The molecule has 2 N–H and O–H groups in total. The van der Waals surface area contributed by atoms with Crippen LogP contribution in [0.1, 0.15) is 20.7 Å². The predicted molar refractivity (Wildman–Crippen MR) is 142 cm³/mol. The van der Waals surface area contributed by atoms with Crippen LogP contribution >= 0.6 is 0 Å². The summed E-state index contributed by atoms with van der Waals surface area (Å²) >= 11 is 0. The summed E-state index contributed by atoms with van der Waals surface area (Å²) in [6.07, 6.45) is -3.89. The largest absolute Gasteiger partial charge is 2.00 e. The van der Waals surface area contributed by atoms with Crippen molar-refractivity contribution in [2.75, 3.05) is 0 Å². The van der Waals surface area contributed by atoms with Crippen molar-refractivity contribution >= 4 is 11.6 Å². The van der Waals surface area contributed by atoms with Crippen LogP contribution in [0.25, 0.3) is 0 Å². The van der Waals surface area contributed by atoms with Crippen molar-refractivity contribution in [1.82, 2.24) is 9.97 Å². The van der Waals surface area contributed by atoms with Crippen LogP contribution in [0.15, 0.2) is 133 Å². The maximum absolute atomic E-state index is 11.8. The molecule has 15 heteroatoms. The summed E-state index contributed by atoms with van der Waals surface area (Å²) in [5, 5.41) is 38.0. The number of alkyl halides is 6. The van der Waals surface area contributed by atoms with Gasteiger partial charge in [-0.15, -0.1) is 0 Å². The zero-order valence-corrected chi connectivity index (χ0v) is 23.5. The number of benzene rings is 2. The Morgan fingerprint density at radius 3 is 1.09 bits per heavy atom. The SMILES string of the molecule is O=C(/C=C(\[O-])C(F)(F)F)c1ccccc1.O=C(/C=C(\[O-])C(F)(F)F)c1ccccc1.Oc1cccnc1.Oc1cccnc1.[Cu+2]. The van der Waals surface area contributed by atoms with Crippen LogP contribution in [0.4, 0.5) is 26.3 Å². The van der Waals surface area contributed by atoms with Gasteiger partial charge in [0, 0.05) is 23.5 Å². The van der Waals surface area contributed by atoms with E-state index in [1.54, 1.807) is 48.8 Å². The van der Waals surface area contributed by atoms with Gasteiger partial charge in [0.15, 0.2) is 11.6 Å². The number of aromatic nitrogens is 2. The molecule has 241 valence electrons. The van der Waals surface area contributed by atoms with Crippen LogP contribution in [-0.4, -0.2) is 44.1 Å². The molecule has 1 radical (unpaired) electrons. The third kappa shape index (κ3) is 17.5. The molecule has 0 aliphatic rings. The standard InChI is InChI=1S/2C10H7F3O2.2C5H5NO.Cu/c2*11-10(12,13)9(15)6-8(14)7-4-2-1-3-5-7;2*7-5-2-1-3-6-4-5;/h2*1-6,15H;2*1-4,7H;/q;;;;+2/p-2/b2*9-6-;;;. The Morgan fingerprint density at radius 2 is 0.889 bits per heavy atom. The van der Waals surface area contributed by atoms with Gasteiger partial charge < -0.3 is 20.4 Å². The Kier molecular flexibility index (Phi) is 17.7. The van der Waals surface area contributed by atoms with E-state index < -0.39 is 35.4 Å². The van der Waals surface area contributed by atoms with Gasteiger partial charge in [-0.2, -0.15) is 26.3 Å². The Hall–Kier alpha value is -5.14. The normalized spacial score (nSPS) is 11.1. The first-order valence-corrected chi connectivity index (χ1v) is 11.9. The zero-order valence-electron chi connectivity index (χ0n) is 22.5. The van der Waals surface area contributed by atoms with Crippen molar-refractivity contribution < 1.29 is 73.4 Å². The molecule has 0 saturated carbocycles. The number of rotatable bonds is 4. The van der Waals surface area contributed by atoms with Gasteiger partial charge in [0.2, 0.25) is 0 Å². The summed E-state index contributed by atoms with van der Waals surface area (Å²) in [5.74, 6) is -5.76. The molecule has 2 aromatic carbocycles. The summed E-state index contributed by atoms with van der Waals surface area (Å²) in [6, 6.07) is 21.1. The minimum absolute atomic E-state index is 0. The molecule has 0 aliphatic carbocycles. The molecule has 0 unspecified atom stereocenters. The van der Waals surface area contributed by atoms with Gasteiger partial charge in [0.25, 0.3) is 0 Å². The van der Waals surface area contributed by atoms with E-state index in [0.717, 1.165) is 0 Å². The number of halogens is 6. The Balaban J connectivity index is 0.000000602. The number of allylic oxidation sites excluding steroid dienone is 4. The predicted octanol–water partition coefficient (Wildman–Crippen LogP) is 4.92. The average molecular weight is 684 g/mol. The number of hydrogen-bond donors (Lipinski definition) is 2. The maximum atomic E-state index is 11.8. The van der Waals surface area contributed by atoms with Crippen molar-refractivity contribution in [3.8, 4) is 11.5 Å². The summed E-state index contributed by atoms with van der Waals surface area (Å²) in [7, 11) is 0. The second-order valence-corrected chi connectivity index (χ2v) is 7.90. The van der Waals surface area contributed by atoms with Crippen LogP contribution in [0.5, 0.6) is 11.5 Å². The molecule has 8 nitrogen and oxygen atoms in total. The molecule has 0 fully saturated rings. The second-order valence-electron chi connectivity index (χ2n) is 7.90. The minimum atomic E-state index is -5.00. The van der Waals surface area contributed by atoms with Crippen molar-refractivity contribution in [2.24, 2.45) is 0 Å². The molecule has 2 heterocycles. The average Bonchev–Trinajstić information content (AvgIpc) is 2.99. The Bertz CT molecular complexity index is 1370. The van der Waals surface area contributed by atoms with E-state index in [9.17, 15) is 46.1 Å². The summed E-state index contributed by atoms with van der Waals surface area (Å²) in [6.45, 7) is 0. The van der Waals surface area contributed by atoms with E-state index in [1.165, 1.54) is 60.9 Å². The smallest absolute Gasteiger partial charge is 0.869 e. The van der Waals surface area contributed by atoms with E-state index in [-0.39, 0.29) is 51.8 Å².